The van der Waals surface area contributed by atoms with Crippen LogP contribution < -0.4 is 5.32 Å². The summed E-state index contributed by atoms with van der Waals surface area (Å²) >= 11 is 3.83. The molecule has 102 valence electrons. The lowest BCUT2D eigenvalue weighted by atomic mass is 10.2. The van der Waals surface area contributed by atoms with Gasteiger partial charge in [-0.3, -0.25) is 0 Å². The summed E-state index contributed by atoms with van der Waals surface area (Å²) in [6, 6.07) is 4.08. The molecule has 0 aliphatic heterocycles. The first kappa shape index (κ1) is 14.2. The molecule has 0 radical (unpaired) electrons. The molecule has 0 aliphatic rings. The van der Waals surface area contributed by atoms with Crippen molar-refractivity contribution in [2.24, 2.45) is 0 Å². The van der Waals surface area contributed by atoms with Crippen LogP contribution >= 0.6 is 27.5 Å². The molecule has 3 nitrogen and oxygen atoms in total. The maximum absolute atomic E-state index is 13.0. The van der Waals surface area contributed by atoms with Gasteiger partial charge in [0.15, 0.2) is 0 Å². The second kappa shape index (κ2) is 5.41. The predicted molar refractivity (Wildman–Crippen MR) is 66.3 cm³/mol. The maximum Gasteiger partial charge on any atom is 0.452 e. The molecular weight excluding hydrogens is 350 g/mol. The number of hydrogen-bond donors (Lipinski definition) is 1. The molecule has 0 saturated carbocycles. The first-order valence-corrected chi connectivity index (χ1v) is 6.51. The molecule has 1 aromatic carbocycles. The molecule has 0 fully saturated rings. The van der Waals surface area contributed by atoms with Crippen molar-refractivity contribution in [3.63, 3.8) is 0 Å². The van der Waals surface area contributed by atoms with Crippen LogP contribution in [0.4, 0.5) is 22.7 Å². The molecule has 0 amide bonds. The highest BCUT2D eigenvalue weighted by molar-refractivity contribution is 9.10. The third-order valence-electron chi connectivity index (χ3n) is 2.12. The van der Waals surface area contributed by atoms with E-state index in [0.29, 0.717) is 21.6 Å². The topological polar surface area (TPSA) is 37.8 Å². The first-order chi connectivity index (χ1) is 8.86. The van der Waals surface area contributed by atoms with Crippen molar-refractivity contribution in [3.8, 4) is 0 Å². The Morgan fingerprint density at radius 3 is 2.68 bits per heavy atom. The van der Waals surface area contributed by atoms with E-state index >= 15 is 0 Å². The quantitative estimate of drug-likeness (QED) is 0.843. The van der Waals surface area contributed by atoms with Gasteiger partial charge >= 0.3 is 6.18 Å². The summed E-state index contributed by atoms with van der Waals surface area (Å²) in [5, 5.41) is 2.70. The van der Waals surface area contributed by atoms with Crippen LogP contribution in [0.15, 0.2) is 22.7 Å². The van der Waals surface area contributed by atoms with Crippen LogP contribution in [0.1, 0.15) is 11.4 Å². The molecule has 0 spiro atoms. The van der Waals surface area contributed by atoms with Crippen LogP contribution in [0.25, 0.3) is 0 Å². The van der Waals surface area contributed by atoms with Gasteiger partial charge in [0.2, 0.25) is 11.0 Å². The summed E-state index contributed by atoms with van der Waals surface area (Å²) in [4.78, 5) is 3.31. The zero-order chi connectivity index (χ0) is 14.0. The number of rotatable bonds is 3. The lowest BCUT2D eigenvalue weighted by Crippen LogP contribution is -2.07. The first-order valence-electron chi connectivity index (χ1n) is 4.95. The van der Waals surface area contributed by atoms with E-state index in [1.54, 1.807) is 0 Å². The summed E-state index contributed by atoms with van der Waals surface area (Å²) in [5.41, 5.74) is 0.573. The maximum atomic E-state index is 13.0. The van der Waals surface area contributed by atoms with Crippen LogP contribution in [0.5, 0.6) is 0 Å². The van der Waals surface area contributed by atoms with Gasteiger partial charge in [0.1, 0.15) is 5.82 Å². The van der Waals surface area contributed by atoms with Crippen LogP contribution in [-0.4, -0.2) is 9.36 Å². The van der Waals surface area contributed by atoms with E-state index in [4.69, 9.17) is 0 Å². The standard InChI is InChI=1S/C10H6BrF4N3S/c11-7-2-1-6(12)3-5(7)4-16-9-17-8(18-19-9)10(13,14)15/h1-3H,4H2,(H,16,17,18). The molecule has 0 bridgehead atoms. The fraction of sp³-hybridized carbons (Fsp3) is 0.200. The number of nitrogens with zero attached hydrogens (tertiary/aromatic N) is 2. The van der Waals surface area contributed by atoms with Crippen molar-refractivity contribution in [2.45, 2.75) is 12.7 Å². The molecule has 0 aliphatic carbocycles. The van der Waals surface area contributed by atoms with E-state index in [1.165, 1.54) is 18.2 Å². The molecular formula is C10H6BrF4N3S. The summed E-state index contributed by atoms with van der Waals surface area (Å²) in [6.45, 7) is 0.144. The second-order valence-corrected chi connectivity index (χ2v) is 5.12. The van der Waals surface area contributed by atoms with E-state index < -0.39 is 17.8 Å². The Kier molecular flexibility index (Phi) is 4.04. The van der Waals surface area contributed by atoms with E-state index in [2.05, 4.69) is 30.6 Å². The van der Waals surface area contributed by atoms with E-state index in [9.17, 15) is 17.6 Å². The molecule has 0 unspecified atom stereocenters. The second-order valence-electron chi connectivity index (χ2n) is 3.51. The smallest absolute Gasteiger partial charge is 0.356 e. The van der Waals surface area contributed by atoms with Gasteiger partial charge in [-0.1, -0.05) is 15.9 Å². The Labute approximate surface area is 118 Å². The average molecular weight is 356 g/mol. The summed E-state index contributed by atoms with van der Waals surface area (Å²) in [5.74, 6) is -1.61. The Balaban J connectivity index is 2.06. The van der Waals surface area contributed by atoms with Gasteiger partial charge in [-0.05, 0) is 23.8 Å². The molecule has 2 rings (SSSR count). The zero-order valence-corrected chi connectivity index (χ0v) is 11.5. The van der Waals surface area contributed by atoms with Gasteiger partial charge in [0, 0.05) is 22.5 Å². The SMILES string of the molecule is Fc1ccc(Br)c(CNc2nc(C(F)(F)F)ns2)c1. The Morgan fingerprint density at radius 1 is 1.32 bits per heavy atom. The number of anilines is 1. The zero-order valence-electron chi connectivity index (χ0n) is 9.13. The van der Waals surface area contributed by atoms with Gasteiger partial charge in [0.05, 0.1) is 0 Å². The van der Waals surface area contributed by atoms with Crippen molar-refractivity contribution >= 4 is 32.6 Å². The fourth-order valence-electron chi connectivity index (χ4n) is 1.26. The van der Waals surface area contributed by atoms with Gasteiger partial charge in [-0.25, -0.2) is 4.39 Å². The van der Waals surface area contributed by atoms with Gasteiger partial charge in [0.25, 0.3) is 0 Å². The minimum Gasteiger partial charge on any atom is -0.356 e. The molecule has 19 heavy (non-hydrogen) atoms. The number of halogens is 5. The van der Waals surface area contributed by atoms with E-state index in [1.807, 2.05) is 0 Å². The molecule has 1 N–H and O–H groups in total. The molecule has 9 heteroatoms. The molecule has 1 heterocycles. The predicted octanol–water partition coefficient (Wildman–Crippen LogP) is 4.07. The normalized spacial score (nSPS) is 11.6. The summed E-state index contributed by atoms with van der Waals surface area (Å²) in [7, 11) is 0. The number of hydrogen-bond acceptors (Lipinski definition) is 4. The van der Waals surface area contributed by atoms with Crippen LogP contribution in [0.3, 0.4) is 0 Å². The van der Waals surface area contributed by atoms with Crippen LogP contribution in [0.2, 0.25) is 0 Å². The summed E-state index contributed by atoms with van der Waals surface area (Å²) in [6.07, 6.45) is -4.56. The van der Waals surface area contributed by atoms with E-state index in [0.717, 1.165) is 0 Å². The number of aromatic nitrogens is 2. The number of nitrogens with one attached hydrogen (secondary N) is 1. The number of alkyl halides is 3. The largest absolute Gasteiger partial charge is 0.452 e. The van der Waals surface area contributed by atoms with Gasteiger partial charge < -0.3 is 5.32 Å². The van der Waals surface area contributed by atoms with Crippen molar-refractivity contribution in [1.29, 1.82) is 0 Å². The molecule has 2 aromatic rings. The fourth-order valence-corrected chi connectivity index (χ4v) is 2.23. The van der Waals surface area contributed by atoms with Crippen molar-refractivity contribution in [3.05, 3.63) is 39.9 Å². The molecule has 0 atom stereocenters. The van der Waals surface area contributed by atoms with Gasteiger partial charge in [-0.15, -0.1) is 0 Å². The Morgan fingerprint density at radius 2 is 2.05 bits per heavy atom. The molecule has 1 aromatic heterocycles. The van der Waals surface area contributed by atoms with Crippen molar-refractivity contribution in [2.75, 3.05) is 5.32 Å². The minimum atomic E-state index is -4.56. The Bertz CT molecular complexity index is 584. The third-order valence-corrected chi connectivity index (χ3v) is 3.56. The molecule has 0 saturated heterocycles. The highest BCUT2D eigenvalue weighted by Gasteiger charge is 2.36. The summed E-state index contributed by atoms with van der Waals surface area (Å²) < 4.78 is 53.7. The highest BCUT2D eigenvalue weighted by atomic mass is 79.9. The van der Waals surface area contributed by atoms with Crippen LogP contribution in [0, 0.1) is 5.82 Å². The average Bonchev–Trinajstić information content (AvgIpc) is 2.79. The van der Waals surface area contributed by atoms with E-state index in [-0.39, 0.29) is 11.7 Å². The third kappa shape index (κ3) is 3.63. The Hall–Kier alpha value is -1.22. The lowest BCUT2D eigenvalue weighted by Gasteiger charge is -2.05. The van der Waals surface area contributed by atoms with Crippen molar-refractivity contribution < 1.29 is 17.6 Å². The van der Waals surface area contributed by atoms with Crippen molar-refractivity contribution in [1.82, 2.24) is 9.36 Å². The monoisotopic (exact) mass is 355 g/mol. The lowest BCUT2D eigenvalue weighted by molar-refractivity contribution is -0.144. The highest BCUT2D eigenvalue weighted by Crippen LogP contribution is 2.29. The van der Waals surface area contributed by atoms with Gasteiger partial charge in [-0.2, -0.15) is 22.5 Å². The minimum absolute atomic E-state index is 0.0310. The van der Waals surface area contributed by atoms with Crippen LogP contribution in [-0.2, 0) is 12.7 Å². The number of benzene rings is 1.